The molecule has 3 aromatic rings. The Hall–Kier alpha value is -2.97. The monoisotopic (exact) mass is 420 g/mol. The zero-order chi connectivity index (χ0) is 21.4. The van der Waals surface area contributed by atoms with Crippen LogP contribution in [0.4, 0.5) is 5.82 Å². The molecule has 1 fully saturated rings. The second kappa shape index (κ2) is 8.28. The zero-order valence-electron chi connectivity index (χ0n) is 18.0. The van der Waals surface area contributed by atoms with Gasteiger partial charge in [-0.2, -0.15) is 5.10 Å². The summed E-state index contributed by atoms with van der Waals surface area (Å²) in [5, 5.41) is 4.46. The number of nitrogens with zero attached hydrogens (tertiary/aromatic N) is 5. The third-order valence-electron chi connectivity index (χ3n) is 6.18. The molecule has 0 amide bonds. The molecule has 0 atom stereocenters. The van der Waals surface area contributed by atoms with Gasteiger partial charge >= 0.3 is 0 Å². The molecule has 2 aliphatic rings. The minimum Gasteiger partial charge on any atom is -0.433 e. The van der Waals surface area contributed by atoms with Gasteiger partial charge in [-0.1, -0.05) is 0 Å². The molecule has 162 valence electrons. The van der Waals surface area contributed by atoms with Gasteiger partial charge in [0, 0.05) is 31.9 Å². The Bertz CT molecular complexity index is 1090. The predicted octanol–water partition coefficient (Wildman–Crippen LogP) is 3.36. The average molecular weight is 421 g/mol. The molecule has 0 saturated carbocycles. The van der Waals surface area contributed by atoms with Crippen molar-refractivity contribution in [2.45, 2.75) is 38.8 Å². The maximum absolute atomic E-state index is 6.07. The molecule has 2 aliphatic heterocycles. The molecule has 5 rings (SSSR count). The molecule has 0 radical (unpaired) electrons. The van der Waals surface area contributed by atoms with Gasteiger partial charge in [-0.25, -0.2) is 9.97 Å². The summed E-state index contributed by atoms with van der Waals surface area (Å²) >= 11 is 0. The molecular weight excluding hydrogens is 392 g/mol. The molecule has 8 heteroatoms. The molecule has 2 N–H and O–H groups in total. The van der Waals surface area contributed by atoms with Crippen molar-refractivity contribution < 1.29 is 9.47 Å². The quantitative estimate of drug-likeness (QED) is 0.692. The topological polar surface area (TPSA) is 91.3 Å². The first-order valence-electron chi connectivity index (χ1n) is 10.8. The number of likely N-dealkylation sites (N-methyl/N-ethyl adjacent to an activating group) is 1. The Kier molecular flexibility index (Phi) is 5.33. The highest BCUT2D eigenvalue weighted by Crippen LogP contribution is 2.31. The summed E-state index contributed by atoms with van der Waals surface area (Å²) in [7, 11) is 2.16. The van der Waals surface area contributed by atoms with Crippen LogP contribution < -0.4 is 10.5 Å². The van der Waals surface area contributed by atoms with Gasteiger partial charge < -0.3 is 20.1 Å². The van der Waals surface area contributed by atoms with Crippen LogP contribution in [0, 0.1) is 6.92 Å². The van der Waals surface area contributed by atoms with Crippen LogP contribution in [0.15, 0.2) is 30.7 Å². The zero-order valence-corrected chi connectivity index (χ0v) is 18.0. The smallest absolute Gasteiger partial charge is 0.263 e. The highest BCUT2D eigenvalue weighted by Gasteiger charge is 2.19. The number of rotatable bonds is 4. The van der Waals surface area contributed by atoms with E-state index in [0.717, 1.165) is 56.8 Å². The van der Waals surface area contributed by atoms with Crippen molar-refractivity contribution in [3.8, 4) is 22.9 Å². The van der Waals surface area contributed by atoms with Crippen LogP contribution in [0.25, 0.3) is 11.3 Å². The molecule has 0 aliphatic carbocycles. The van der Waals surface area contributed by atoms with Gasteiger partial charge in [-0.3, -0.25) is 4.68 Å². The number of hydrogen-bond acceptors (Lipinski definition) is 7. The van der Waals surface area contributed by atoms with Gasteiger partial charge in [0.05, 0.1) is 30.3 Å². The van der Waals surface area contributed by atoms with E-state index in [9.17, 15) is 0 Å². The molecule has 8 nitrogen and oxygen atoms in total. The summed E-state index contributed by atoms with van der Waals surface area (Å²) in [6.07, 6.45) is 8.24. The molecule has 31 heavy (non-hydrogen) atoms. The molecular formula is C23H28N6O2. The second-order valence-electron chi connectivity index (χ2n) is 8.47. The van der Waals surface area contributed by atoms with Crippen molar-refractivity contribution in [2.24, 2.45) is 0 Å². The summed E-state index contributed by atoms with van der Waals surface area (Å²) in [5.74, 6) is 1.17. The minimum absolute atomic E-state index is 0.263. The van der Waals surface area contributed by atoms with Crippen molar-refractivity contribution in [3.63, 3.8) is 0 Å². The van der Waals surface area contributed by atoms with E-state index in [1.54, 1.807) is 12.4 Å². The van der Waals surface area contributed by atoms with Crippen LogP contribution in [0.3, 0.4) is 0 Å². The Balaban J connectivity index is 1.40. The van der Waals surface area contributed by atoms with Crippen LogP contribution in [0.1, 0.15) is 35.6 Å². The number of ether oxygens (including phenoxy) is 2. The van der Waals surface area contributed by atoms with Gasteiger partial charge in [0.2, 0.25) is 0 Å². The minimum atomic E-state index is 0.263. The van der Waals surface area contributed by atoms with E-state index in [2.05, 4.69) is 46.1 Å². The van der Waals surface area contributed by atoms with Gasteiger partial charge in [0.1, 0.15) is 0 Å². The van der Waals surface area contributed by atoms with Gasteiger partial charge in [-0.05, 0) is 62.1 Å². The number of fused-ring (bicyclic) bond motifs is 1. The van der Waals surface area contributed by atoms with E-state index in [1.165, 1.54) is 16.7 Å². The molecule has 0 bridgehead atoms. The summed E-state index contributed by atoms with van der Waals surface area (Å²) < 4.78 is 13.4. The summed E-state index contributed by atoms with van der Waals surface area (Å²) in [4.78, 5) is 11.4. The largest absolute Gasteiger partial charge is 0.433 e. The first-order valence-corrected chi connectivity index (χ1v) is 10.8. The van der Waals surface area contributed by atoms with Crippen molar-refractivity contribution in [3.05, 3.63) is 47.4 Å². The number of anilines is 1. The van der Waals surface area contributed by atoms with Crippen molar-refractivity contribution in [1.82, 2.24) is 24.6 Å². The standard InChI is InChI=1S/C23H28N6O2/c1-15-9-17(10-16-3-6-28(2)14-20(15)16)21-12-25-22(24)23(27-21)31-19-11-26-29(13-19)18-4-7-30-8-5-18/h9-13,18H,3-8,14H2,1-2H3,(H2,24,25). The third-order valence-corrected chi connectivity index (χ3v) is 6.18. The van der Waals surface area contributed by atoms with Gasteiger partial charge in [0.15, 0.2) is 11.6 Å². The Morgan fingerprint density at radius 3 is 2.87 bits per heavy atom. The first-order chi connectivity index (χ1) is 15.1. The van der Waals surface area contributed by atoms with Crippen molar-refractivity contribution in [1.29, 1.82) is 0 Å². The van der Waals surface area contributed by atoms with E-state index in [4.69, 9.17) is 15.2 Å². The molecule has 1 aromatic carbocycles. The van der Waals surface area contributed by atoms with Crippen LogP contribution in [0.2, 0.25) is 0 Å². The van der Waals surface area contributed by atoms with Crippen LogP contribution in [0.5, 0.6) is 11.6 Å². The van der Waals surface area contributed by atoms with E-state index < -0.39 is 0 Å². The Labute approximate surface area is 182 Å². The number of aromatic nitrogens is 4. The lowest BCUT2D eigenvalue weighted by molar-refractivity contribution is 0.0662. The summed E-state index contributed by atoms with van der Waals surface area (Å²) in [6.45, 7) is 5.73. The van der Waals surface area contributed by atoms with E-state index >= 15 is 0 Å². The number of benzene rings is 1. The third kappa shape index (κ3) is 4.13. The normalized spacial score (nSPS) is 17.5. The average Bonchev–Trinajstić information content (AvgIpc) is 3.25. The first kappa shape index (κ1) is 20.0. The number of nitrogens with two attached hydrogens (primary N) is 1. The van der Waals surface area contributed by atoms with Crippen LogP contribution in [-0.2, 0) is 17.7 Å². The van der Waals surface area contributed by atoms with Gasteiger partial charge in [0.25, 0.3) is 5.88 Å². The lowest BCUT2D eigenvalue weighted by Crippen LogP contribution is -2.27. The van der Waals surface area contributed by atoms with Crippen molar-refractivity contribution >= 4 is 5.82 Å². The van der Waals surface area contributed by atoms with E-state index in [0.29, 0.717) is 17.7 Å². The lowest BCUT2D eigenvalue weighted by Gasteiger charge is -2.27. The second-order valence-corrected chi connectivity index (χ2v) is 8.47. The van der Waals surface area contributed by atoms with Crippen LogP contribution >= 0.6 is 0 Å². The maximum Gasteiger partial charge on any atom is 0.263 e. The fourth-order valence-electron chi connectivity index (χ4n) is 4.38. The fraction of sp³-hybridized carbons (Fsp3) is 0.435. The molecule has 4 heterocycles. The maximum atomic E-state index is 6.07. The van der Waals surface area contributed by atoms with Crippen molar-refractivity contribution in [2.75, 3.05) is 32.5 Å². The van der Waals surface area contributed by atoms with Gasteiger partial charge in [-0.15, -0.1) is 0 Å². The fourth-order valence-corrected chi connectivity index (χ4v) is 4.38. The van der Waals surface area contributed by atoms with E-state index in [1.807, 2.05) is 10.9 Å². The molecule has 1 saturated heterocycles. The van der Waals surface area contributed by atoms with E-state index in [-0.39, 0.29) is 5.82 Å². The summed E-state index contributed by atoms with van der Waals surface area (Å²) in [6, 6.07) is 4.73. The Morgan fingerprint density at radius 1 is 1.19 bits per heavy atom. The SMILES string of the molecule is Cc1cc(-c2cnc(N)c(Oc3cnn(C4CCOCC4)c3)n2)cc2c1CN(C)CC2. The Morgan fingerprint density at radius 2 is 2.03 bits per heavy atom. The molecule has 2 aromatic heterocycles. The number of aryl methyl sites for hydroxylation is 1. The highest BCUT2D eigenvalue weighted by atomic mass is 16.5. The highest BCUT2D eigenvalue weighted by molar-refractivity contribution is 5.64. The number of nitrogen functional groups attached to an aromatic ring is 1. The summed E-state index contributed by atoms with van der Waals surface area (Å²) in [5.41, 5.74) is 11.9. The molecule has 0 spiro atoms. The van der Waals surface area contributed by atoms with Crippen LogP contribution in [-0.4, -0.2) is 51.5 Å². The number of hydrogen-bond donors (Lipinski definition) is 1. The predicted molar refractivity (Wildman–Crippen MR) is 118 cm³/mol. The molecule has 0 unspecified atom stereocenters. The lowest BCUT2D eigenvalue weighted by atomic mass is 9.92.